The number of benzene rings is 1. The van der Waals surface area contributed by atoms with Crippen LogP contribution < -0.4 is 4.74 Å². The molecule has 1 aromatic carbocycles. The Morgan fingerprint density at radius 3 is 2.90 bits per heavy atom. The van der Waals surface area contributed by atoms with Crippen LogP contribution in [0.2, 0.25) is 0 Å². The van der Waals surface area contributed by atoms with Gasteiger partial charge in [0.2, 0.25) is 0 Å². The Hall–Kier alpha value is -1.85. The quantitative estimate of drug-likeness (QED) is 0.879. The standard InChI is InChI=1S/C16H21N3O2/c1-13-2-4-14(5-3-13)21-12-16(20)6-9-19(11-16)10-15-17-7-8-18-15/h2-5,7-8,20H,6,9-12H2,1H3,(H,17,18)/t16-/m0/s1. The molecule has 21 heavy (non-hydrogen) atoms. The van der Waals surface area contributed by atoms with Crippen LogP contribution in [0.1, 0.15) is 17.8 Å². The molecule has 2 heterocycles. The molecular weight excluding hydrogens is 266 g/mol. The van der Waals surface area contributed by atoms with Gasteiger partial charge in [0.05, 0.1) is 6.54 Å². The third-order valence-corrected chi connectivity index (χ3v) is 3.87. The maximum absolute atomic E-state index is 10.6. The van der Waals surface area contributed by atoms with Crippen molar-refractivity contribution in [3.8, 4) is 5.75 Å². The SMILES string of the molecule is Cc1ccc(OC[C@]2(O)CCN(Cc3ncc[nH]3)C2)cc1. The summed E-state index contributed by atoms with van der Waals surface area (Å²) in [5.74, 6) is 1.73. The number of likely N-dealkylation sites (tertiary alicyclic amines) is 1. The van der Waals surface area contributed by atoms with Crippen molar-refractivity contribution in [3.05, 3.63) is 48.0 Å². The third kappa shape index (κ3) is 3.62. The van der Waals surface area contributed by atoms with Gasteiger partial charge in [-0.15, -0.1) is 0 Å². The molecule has 3 rings (SSSR count). The first-order valence-electron chi connectivity index (χ1n) is 7.25. The fourth-order valence-corrected chi connectivity index (χ4v) is 2.64. The number of hydrogen-bond donors (Lipinski definition) is 2. The maximum atomic E-state index is 10.6. The highest BCUT2D eigenvalue weighted by molar-refractivity contribution is 5.26. The van der Waals surface area contributed by atoms with E-state index >= 15 is 0 Å². The number of β-amino-alcohol motifs (C(OH)–C–C–N with tert-alkyl or cyclic N) is 1. The van der Waals surface area contributed by atoms with Gasteiger partial charge in [-0.25, -0.2) is 4.98 Å². The number of ether oxygens (including phenoxy) is 1. The van der Waals surface area contributed by atoms with Crippen LogP contribution in [-0.4, -0.2) is 45.3 Å². The number of aromatic nitrogens is 2. The lowest BCUT2D eigenvalue weighted by Gasteiger charge is -2.23. The second-order valence-electron chi connectivity index (χ2n) is 5.82. The zero-order valence-corrected chi connectivity index (χ0v) is 12.2. The molecule has 1 aliphatic rings. The molecule has 5 heteroatoms. The van der Waals surface area contributed by atoms with Crippen LogP contribution in [0, 0.1) is 6.92 Å². The first-order valence-corrected chi connectivity index (χ1v) is 7.25. The molecule has 1 aliphatic heterocycles. The van der Waals surface area contributed by atoms with Crippen LogP contribution in [0.4, 0.5) is 0 Å². The lowest BCUT2D eigenvalue weighted by Crippen LogP contribution is -2.39. The number of aliphatic hydroxyl groups is 1. The van der Waals surface area contributed by atoms with Crippen LogP contribution in [-0.2, 0) is 6.54 Å². The van der Waals surface area contributed by atoms with E-state index in [0.717, 1.165) is 31.1 Å². The fraction of sp³-hybridized carbons (Fsp3) is 0.438. The molecular formula is C16H21N3O2. The van der Waals surface area contributed by atoms with E-state index in [4.69, 9.17) is 4.74 Å². The zero-order chi connectivity index (χ0) is 14.7. The van der Waals surface area contributed by atoms with Gasteiger partial charge in [0.15, 0.2) is 0 Å². The molecule has 2 aromatic rings. The molecule has 1 atom stereocenters. The highest BCUT2D eigenvalue weighted by Crippen LogP contribution is 2.24. The van der Waals surface area contributed by atoms with Gasteiger partial charge in [0.25, 0.3) is 0 Å². The van der Waals surface area contributed by atoms with Crippen LogP contribution >= 0.6 is 0 Å². The first kappa shape index (κ1) is 14.1. The van der Waals surface area contributed by atoms with Crippen LogP contribution in [0.25, 0.3) is 0 Å². The summed E-state index contributed by atoms with van der Waals surface area (Å²) < 4.78 is 5.73. The van der Waals surface area contributed by atoms with Gasteiger partial charge < -0.3 is 14.8 Å². The summed E-state index contributed by atoms with van der Waals surface area (Å²) in [6.45, 7) is 4.57. The summed E-state index contributed by atoms with van der Waals surface area (Å²) in [7, 11) is 0. The van der Waals surface area contributed by atoms with Crippen molar-refractivity contribution < 1.29 is 9.84 Å². The van der Waals surface area contributed by atoms with Gasteiger partial charge in [0, 0.05) is 25.5 Å². The highest BCUT2D eigenvalue weighted by Gasteiger charge is 2.37. The van der Waals surface area contributed by atoms with Crippen molar-refractivity contribution >= 4 is 0 Å². The number of H-pyrrole nitrogens is 1. The number of nitrogens with zero attached hydrogens (tertiary/aromatic N) is 2. The summed E-state index contributed by atoms with van der Waals surface area (Å²) in [4.78, 5) is 9.50. The van der Waals surface area contributed by atoms with Gasteiger partial charge in [0.1, 0.15) is 23.8 Å². The summed E-state index contributed by atoms with van der Waals surface area (Å²) >= 11 is 0. The minimum absolute atomic E-state index is 0.324. The number of nitrogens with one attached hydrogen (secondary N) is 1. The van der Waals surface area contributed by atoms with Crippen molar-refractivity contribution in [2.24, 2.45) is 0 Å². The molecule has 0 saturated carbocycles. The summed E-state index contributed by atoms with van der Waals surface area (Å²) in [6, 6.07) is 7.90. The molecule has 0 radical (unpaired) electrons. The van der Waals surface area contributed by atoms with Crippen molar-refractivity contribution in [1.82, 2.24) is 14.9 Å². The second kappa shape index (κ2) is 5.87. The molecule has 1 fully saturated rings. The van der Waals surface area contributed by atoms with E-state index in [9.17, 15) is 5.11 Å². The van der Waals surface area contributed by atoms with E-state index in [-0.39, 0.29) is 0 Å². The number of rotatable bonds is 5. The third-order valence-electron chi connectivity index (χ3n) is 3.87. The van der Waals surface area contributed by atoms with Crippen molar-refractivity contribution in [3.63, 3.8) is 0 Å². The summed E-state index contributed by atoms with van der Waals surface area (Å²) in [6.07, 6.45) is 4.29. The van der Waals surface area contributed by atoms with Gasteiger partial charge in [-0.05, 0) is 25.5 Å². The zero-order valence-electron chi connectivity index (χ0n) is 12.2. The predicted molar refractivity (Wildman–Crippen MR) is 80.1 cm³/mol. The average Bonchev–Trinajstić information content (AvgIpc) is 3.10. The van der Waals surface area contributed by atoms with Gasteiger partial charge in [-0.2, -0.15) is 0 Å². The Bertz CT molecular complexity index is 568. The van der Waals surface area contributed by atoms with Crippen LogP contribution in [0.5, 0.6) is 5.75 Å². The summed E-state index contributed by atoms with van der Waals surface area (Å²) in [5, 5.41) is 10.6. The molecule has 112 valence electrons. The number of aryl methyl sites for hydroxylation is 1. The largest absolute Gasteiger partial charge is 0.491 e. The molecule has 5 nitrogen and oxygen atoms in total. The molecule has 0 aliphatic carbocycles. The number of aromatic amines is 1. The van der Waals surface area contributed by atoms with E-state index < -0.39 is 5.60 Å². The minimum Gasteiger partial charge on any atom is -0.491 e. The van der Waals surface area contributed by atoms with E-state index in [2.05, 4.69) is 14.9 Å². The van der Waals surface area contributed by atoms with Crippen molar-refractivity contribution in [2.75, 3.05) is 19.7 Å². The van der Waals surface area contributed by atoms with Crippen LogP contribution in [0.3, 0.4) is 0 Å². The summed E-state index contributed by atoms with van der Waals surface area (Å²) in [5.41, 5.74) is 0.420. The topological polar surface area (TPSA) is 61.4 Å². The van der Waals surface area contributed by atoms with Gasteiger partial charge >= 0.3 is 0 Å². The lowest BCUT2D eigenvalue weighted by molar-refractivity contribution is 0.00323. The Balaban J connectivity index is 1.52. The predicted octanol–water partition coefficient (Wildman–Crippen LogP) is 1.73. The Kier molecular flexibility index (Phi) is 3.94. The second-order valence-corrected chi connectivity index (χ2v) is 5.82. The Morgan fingerprint density at radius 2 is 2.19 bits per heavy atom. The number of imidazole rings is 1. The molecule has 0 bridgehead atoms. The molecule has 2 N–H and O–H groups in total. The molecule has 1 aromatic heterocycles. The van der Waals surface area contributed by atoms with E-state index in [1.165, 1.54) is 5.56 Å². The Morgan fingerprint density at radius 1 is 1.38 bits per heavy atom. The van der Waals surface area contributed by atoms with Gasteiger partial charge in [-0.1, -0.05) is 17.7 Å². The molecule has 1 saturated heterocycles. The van der Waals surface area contributed by atoms with Gasteiger partial charge in [-0.3, -0.25) is 4.90 Å². The van der Waals surface area contributed by atoms with Crippen LogP contribution in [0.15, 0.2) is 36.7 Å². The average molecular weight is 287 g/mol. The first-order chi connectivity index (χ1) is 10.1. The lowest BCUT2D eigenvalue weighted by atomic mass is 10.1. The molecule has 0 spiro atoms. The number of hydrogen-bond acceptors (Lipinski definition) is 4. The molecule has 0 amide bonds. The van der Waals surface area contributed by atoms with Crippen molar-refractivity contribution in [2.45, 2.75) is 25.5 Å². The smallest absolute Gasteiger partial charge is 0.120 e. The molecule has 0 unspecified atom stereocenters. The normalized spacial score (nSPS) is 22.6. The van der Waals surface area contributed by atoms with E-state index in [0.29, 0.717) is 13.2 Å². The maximum Gasteiger partial charge on any atom is 0.120 e. The van der Waals surface area contributed by atoms with E-state index in [1.54, 1.807) is 6.20 Å². The fourth-order valence-electron chi connectivity index (χ4n) is 2.64. The monoisotopic (exact) mass is 287 g/mol. The Labute approximate surface area is 124 Å². The highest BCUT2D eigenvalue weighted by atomic mass is 16.5. The van der Waals surface area contributed by atoms with Crippen molar-refractivity contribution in [1.29, 1.82) is 0 Å². The van der Waals surface area contributed by atoms with E-state index in [1.807, 2.05) is 37.4 Å². The minimum atomic E-state index is -0.780.